The number of aliphatic hydroxyl groups is 1. The molecule has 0 amide bonds. The molecule has 2 atom stereocenters. The van der Waals surface area contributed by atoms with Crippen LogP contribution in [0.1, 0.15) is 12.0 Å². The molecule has 1 aliphatic rings. The van der Waals surface area contributed by atoms with E-state index in [0.29, 0.717) is 0 Å². The number of thioether (sulfide) groups is 1. The Morgan fingerprint density at radius 1 is 1.67 bits per heavy atom. The van der Waals surface area contributed by atoms with Gasteiger partial charge >= 0.3 is 0 Å². The van der Waals surface area contributed by atoms with Gasteiger partial charge in [-0.1, -0.05) is 17.7 Å². The Bertz CT molecular complexity index is 412. The highest BCUT2D eigenvalue weighted by atomic mass is 32.2. The molecule has 0 bridgehead atoms. The molecule has 0 aliphatic heterocycles. The van der Waals surface area contributed by atoms with Crippen molar-refractivity contribution in [3.63, 3.8) is 0 Å². The number of hydrogen-bond acceptors (Lipinski definition) is 3. The van der Waals surface area contributed by atoms with Crippen molar-refractivity contribution >= 4 is 11.8 Å². The van der Waals surface area contributed by atoms with Crippen molar-refractivity contribution in [3.8, 4) is 6.07 Å². The lowest BCUT2D eigenvalue weighted by atomic mass is 10.2. The summed E-state index contributed by atoms with van der Waals surface area (Å²) < 4.78 is -0.372. The summed E-state index contributed by atoms with van der Waals surface area (Å²) in [6, 6.07) is 10.5. The maximum Gasteiger partial charge on any atom is 0.112 e. The van der Waals surface area contributed by atoms with Gasteiger partial charge in [0.25, 0.3) is 0 Å². The second-order valence-corrected chi connectivity index (χ2v) is 5.41. The lowest BCUT2D eigenvalue weighted by molar-refractivity contribution is 0.275. The van der Waals surface area contributed by atoms with Gasteiger partial charge in [-0.05, 0) is 25.5 Å². The van der Waals surface area contributed by atoms with Gasteiger partial charge in [0.2, 0.25) is 0 Å². The molecular weight excluding hydrogens is 206 g/mol. The molecule has 1 aromatic carbocycles. The number of nitrogens with zero attached hydrogens (tertiary/aromatic N) is 1. The minimum atomic E-state index is -0.372. The molecule has 0 spiro atoms. The van der Waals surface area contributed by atoms with Crippen LogP contribution in [0.5, 0.6) is 0 Å². The Morgan fingerprint density at radius 2 is 2.47 bits per heavy atom. The molecule has 2 nitrogen and oxygen atoms in total. The van der Waals surface area contributed by atoms with Crippen LogP contribution < -0.4 is 0 Å². The molecule has 2 unspecified atom stereocenters. The van der Waals surface area contributed by atoms with Gasteiger partial charge in [0.1, 0.15) is 4.75 Å². The van der Waals surface area contributed by atoms with E-state index in [9.17, 15) is 0 Å². The molecule has 3 heteroatoms. The third-order valence-corrected chi connectivity index (χ3v) is 4.19. The highest BCUT2D eigenvalue weighted by Gasteiger charge is 2.55. The number of rotatable bonds is 3. The third kappa shape index (κ3) is 2.01. The van der Waals surface area contributed by atoms with Gasteiger partial charge in [-0.15, -0.1) is 11.8 Å². The first-order valence-electron chi connectivity index (χ1n) is 4.98. The van der Waals surface area contributed by atoms with E-state index >= 15 is 0 Å². The summed E-state index contributed by atoms with van der Waals surface area (Å²) in [7, 11) is 0. The van der Waals surface area contributed by atoms with Crippen molar-refractivity contribution in [2.45, 2.75) is 23.0 Å². The van der Waals surface area contributed by atoms with Crippen LogP contribution in [0, 0.1) is 24.2 Å². The molecule has 1 aliphatic carbocycles. The lowest BCUT2D eigenvalue weighted by Crippen LogP contribution is -2.05. The van der Waals surface area contributed by atoms with Crippen LogP contribution in [0.4, 0.5) is 0 Å². The molecule has 1 aromatic rings. The Balaban J connectivity index is 2.13. The quantitative estimate of drug-likeness (QED) is 0.848. The summed E-state index contributed by atoms with van der Waals surface area (Å²) in [5.74, 6) is 0.146. The molecule has 1 N–H and O–H groups in total. The molecule has 1 saturated carbocycles. The van der Waals surface area contributed by atoms with Crippen molar-refractivity contribution in [2.75, 3.05) is 6.61 Å². The van der Waals surface area contributed by atoms with Crippen molar-refractivity contribution in [3.05, 3.63) is 29.8 Å². The van der Waals surface area contributed by atoms with Crippen LogP contribution in [-0.4, -0.2) is 16.5 Å². The number of nitriles is 1. The van der Waals surface area contributed by atoms with E-state index in [-0.39, 0.29) is 17.3 Å². The van der Waals surface area contributed by atoms with Crippen molar-refractivity contribution in [2.24, 2.45) is 5.92 Å². The van der Waals surface area contributed by atoms with Crippen LogP contribution in [-0.2, 0) is 0 Å². The Labute approximate surface area is 93.9 Å². The largest absolute Gasteiger partial charge is 0.396 e. The topological polar surface area (TPSA) is 44.0 Å². The predicted molar refractivity (Wildman–Crippen MR) is 60.6 cm³/mol. The fourth-order valence-electron chi connectivity index (χ4n) is 1.69. The SMILES string of the molecule is Cc1cccc(SC2(C#N)CC2CO)c1. The number of hydrogen-bond donors (Lipinski definition) is 1. The molecule has 2 rings (SSSR count). The van der Waals surface area contributed by atoms with Gasteiger partial charge in [-0.3, -0.25) is 0 Å². The zero-order valence-corrected chi connectivity index (χ0v) is 9.42. The van der Waals surface area contributed by atoms with E-state index in [1.807, 2.05) is 25.1 Å². The van der Waals surface area contributed by atoms with Crippen LogP contribution >= 0.6 is 11.8 Å². The third-order valence-electron chi connectivity index (χ3n) is 2.75. The molecule has 15 heavy (non-hydrogen) atoms. The molecule has 0 heterocycles. The molecular formula is C12H13NOS. The van der Waals surface area contributed by atoms with Gasteiger partial charge in [0.15, 0.2) is 0 Å². The average molecular weight is 219 g/mol. The lowest BCUT2D eigenvalue weighted by Gasteiger charge is -2.07. The van der Waals surface area contributed by atoms with Crippen molar-refractivity contribution in [1.82, 2.24) is 0 Å². The number of aryl methyl sites for hydroxylation is 1. The summed E-state index contributed by atoms with van der Waals surface area (Å²) in [5.41, 5.74) is 1.20. The van der Waals surface area contributed by atoms with Gasteiger partial charge in [-0.25, -0.2) is 0 Å². The highest BCUT2D eigenvalue weighted by molar-refractivity contribution is 8.01. The van der Waals surface area contributed by atoms with E-state index in [4.69, 9.17) is 10.4 Å². The smallest absolute Gasteiger partial charge is 0.112 e. The highest BCUT2D eigenvalue weighted by Crippen LogP contribution is 2.56. The van der Waals surface area contributed by atoms with Gasteiger partial charge in [0.05, 0.1) is 6.07 Å². The van der Waals surface area contributed by atoms with E-state index in [2.05, 4.69) is 12.1 Å². The first kappa shape index (κ1) is 10.5. The molecule has 0 radical (unpaired) electrons. The predicted octanol–water partition coefficient (Wildman–Crippen LogP) is 2.36. The van der Waals surface area contributed by atoms with E-state index in [1.165, 1.54) is 5.56 Å². The summed E-state index contributed by atoms with van der Waals surface area (Å²) in [4.78, 5) is 1.12. The average Bonchev–Trinajstić information content (AvgIpc) is 2.92. The summed E-state index contributed by atoms with van der Waals surface area (Å²) >= 11 is 1.58. The minimum absolute atomic E-state index is 0.117. The second kappa shape index (κ2) is 3.88. The monoisotopic (exact) mass is 219 g/mol. The molecule has 0 aromatic heterocycles. The van der Waals surface area contributed by atoms with Gasteiger partial charge < -0.3 is 5.11 Å². The van der Waals surface area contributed by atoms with E-state index in [0.717, 1.165) is 11.3 Å². The molecule has 1 fully saturated rings. The maximum atomic E-state index is 9.11. The normalized spacial score (nSPS) is 28.5. The fourth-order valence-corrected chi connectivity index (χ4v) is 3.08. The first-order valence-corrected chi connectivity index (χ1v) is 5.79. The zero-order valence-electron chi connectivity index (χ0n) is 8.60. The number of aliphatic hydroxyl groups excluding tert-OH is 1. The van der Waals surface area contributed by atoms with Crippen LogP contribution in [0.3, 0.4) is 0 Å². The number of benzene rings is 1. The van der Waals surface area contributed by atoms with E-state index < -0.39 is 0 Å². The maximum absolute atomic E-state index is 9.11. The molecule has 78 valence electrons. The first-order chi connectivity index (χ1) is 7.20. The van der Waals surface area contributed by atoms with E-state index in [1.54, 1.807) is 11.8 Å². The van der Waals surface area contributed by atoms with Crippen LogP contribution in [0.15, 0.2) is 29.2 Å². The summed E-state index contributed by atoms with van der Waals surface area (Å²) in [6.07, 6.45) is 0.804. The van der Waals surface area contributed by atoms with Crippen LogP contribution in [0.25, 0.3) is 0 Å². The second-order valence-electron chi connectivity index (χ2n) is 4.00. The Kier molecular flexibility index (Phi) is 2.72. The van der Waals surface area contributed by atoms with Crippen molar-refractivity contribution in [1.29, 1.82) is 5.26 Å². The minimum Gasteiger partial charge on any atom is -0.396 e. The Hall–Kier alpha value is -0.980. The zero-order chi connectivity index (χ0) is 10.9. The van der Waals surface area contributed by atoms with Gasteiger partial charge in [-0.2, -0.15) is 5.26 Å². The standard InChI is InChI=1S/C12H13NOS/c1-9-3-2-4-11(5-9)15-12(8-13)6-10(12)7-14/h2-5,10,14H,6-7H2,1H3. The van der Waals surface area contributed by atoms with Crippen molar-refractivity contribution < 1.29 is 5.11 Å². The molecule has 0 saturated heterocycles. The summed E-state index contributed by atoms with van der Waals surface area (Å²) in [5, 5.41) is 18.1. The fraction of sp³-hybridized carbons (Fsp3) is 0.417. The van der Waals surface area contributed by atoms with Gasteiger partial charge in [0, 0.05) is 17.4 Å². The summed E-state index contributed by atoms with van der Waals surface area (Å²) in [6.45, 7) is 2.16. The Morgan fingerprint density at radius 3 is 3.00 bits per heavy atom. The van der Waals surface area contributed by atoms with Crippen LogP contribution in [0.2, 0.25) is 0 Å².